The van der Waals surface area contributed by atoms with E-state index >= 15 is 0 Å². The van der Waals surface area contributed by atoms with Crippen LogP contribution < -0.4 is 9.46 Å². The number of rotatable bonds is 5. The summed E-state index contributed by atoms with van der Waals surface area (Å²) in [5.41, 5.74) is 0.912. The Kier molecular flexibility index (Phi) is 5.56. The number of methoxy groups -OCH3 is 1. The number of benzene rings is 1. The third-order valence-corrected chi connectivity index (χ3v) is 6.80. The monoisotopic (exact) mass is 422 g/mol. The number of amidine groups is 1. The number of ether oxygens (including phenoxy) is 1. The highest BCUT2D eigenvalue weighted by molar-refractivity contribution is 7.99. The van der Waals surface area contributed by atoms with Gasteiger partial charge in [0.15, 0.2) is 5.16 Å². The first-order valence-electron chi connectivity index (χ1n) is 9.11. The first-order chi connectivity index (χ1) is 13.6. The van der Waals surface area contributed by atoms with Crippen molar-refractivity contribution in [2.24, 2.45) is 4.40 Å². The lowest BCUT2D eigenvalue weighted by atomic mass is 10.2. The van der Waals surface area contributed by atoms with Crippen molar-refractivity contribution in [2.45, 2.75) is 37.0 Å². The molecule has 1 N–H and O–H groups in total. The molecule has 150 valence electrons. The number of thioether (sulfide) groups is 1. The maximum absolute atomic E-state index is 12.2. The van der Waals surface area contributed by atoms with E-state index in [9.17, 15) is 8.42 Å². The van der Waals surface area contributed by atoms with Crippen LogP contribution in [0.2, 0.25) is 0 Å². The summed E-state index contributed by atoms with van der Waals surface area (Å²) < 4.78 is 38.0. The Morgan fingerprint density at radius 2 is 2.07 bits per heavy atom. The maximum atomic E-state index is 12.2. The number of aromatic nitrogens is 3. The summed E-state index contributed by atoms with van der Waals surface area (Å²) in [6.07, 6.45) is 5.08. The van der Waals surface area contributed by atoms with Crippen LogP contribution in [-0.2, 0) is 10.2 Å². The van der Waals surface area contributed by atoms with E-state index in [1.54, 1.807) is 13.4 Å². The van der Waals surface area contributed by atoms with Crippen molar-refractivity contribution in [3.8, 4) is 11.4 Å². The SMILES string of the molecule is COc1ccc(-n2cnnc2SC[C@H]2NS(=O)(=O)N=C3CCCCCN32)cc1. The number of nitrogens with one attached hydrogen (secondary N) is 1. The van der Waals surface area contributed by atoms with Gasteiger partial charge in [0.05, 0.1) is 7.11 Å². The Balaban J connectivity index is 1.51. The fourth-order valence-corrected chi connectivity index (χ4v) is 5.52. The molecule has 28 heavy (non-hydrogen) atoms. The predicted octanol–water partition coefficient (Wildman–Crippen LogP) is 1.82. The molecule has 0 aliphatic carbocycles. The minimum Gasteiger partial charge on any atom is -0.497 e. The van der Waals surface area contributed by atoms with E-state index in [0.717, 1.165) is 37.2 Å². The number of nitrogens with zero attached hydrogens (tertiary/aromatic N) is 5. The minimum atomic E-state index is -3.65. The molecule has 2 aliphatic heterocycles. The Morgan fingerprint density at radius 1 is 1.25 bits per heavy atom. The molecule has 2 aromatic rings. The molecule has 0 amide bonds. The molecule has 1 aromatic carbocycles. The van der Waals surface area contributed by atoms with Gasteiger partial charge in [0.2, 0.25) is 0 Å². The molecular weight excluding hydrogens is 400 g/mol. The number of hydrogen-bond donors (Lipinski definition) is 1. The molecule has 0 unspecified atom stereocenters. The van der Waals surface area contributed by atoms with Gasteiger partial charge in [-0.25, -0.2) is 0 Å². The van der Waals surface area contributed by atoms with Crippen LogP contribution in [0, 0.1) is 0 Å². The average molecular weight is 423 g/mol. The summed E-state index contributed by atoms with van der Waals surface area (Å²) >= 11 is 1.46. The first kappa shape index (κ1) is 19.2. The molecule has 0 bridgehead atoms. The molecular formula is C17H22N6O3S2. The van der Waals surface area contributed by atoms with Crippen LogP contribution in [0.5, 0.6) is 5.75 Å². The minimum absolute atomic E-state index is 0.346. The van der Waals surface area contributed by atoms with Gasteiger partial charge in [-0.3, -0.25) is 4.57 Å². The van der Waals surface area contributed by atoms with Crippen LogP contribution in [0.15, 0.2) is 40.1 Å². The lowest BCUT2D eigenvalue weighted by Gasteiger charge is -2.35. The zero-order chi connectivity index (χ0) is 19.6. The van der Waals surface area contributed by atoms with E-state index in [-0.39, 0.29) is 6.17 Å². The van der Waals surface area contributed by atoms with Crippen LogP contribution in [0.3, 0.4) is 0 Å². The van der Waals surface area contributed by atoms with Crippen molar-refractivity contribution in [2.75, 3.05) is 19.4 Å². The van der Waals surface area contributed by atoms with Gasteiger partial charge in [0, 0.05) is 24.4 Å². The molecule has 0 saturated carbocycles. The molecule has 4 rings (SSSR count). The van der Waals surface area contributed by atoms with Gasteiger partial charge in [-0.1, -0.05) is 18.2 Å². The molecule has 2 aliphatic rings. The topological polar surface area (TPSA) is 102 Å². The molecule has 0 radical (unpaired) electrons. The van der Waals surface area contributed by atoms with Gasteiger partial charge in [0.1, 0.15) is 24.1 Å². The number of fused-ring (bicyclic) bond motifs is 1. The first-order valence-corrected chi connectivity index (χ1v) is 11.5. The Bertz CT molecular complexity index is 958. The van der Waals surface area contributed by atoms with Gasteiger partial charge in [-0.15, -0.1) is 14.6 Å². The standard InChI is InChI=1S/C17H22N6O3S2/c1-26-14-8-6-13(7-9-14)23-12-18-19-17(23)27-11-16-21-28(24,25)20-15-5-3-2-4-10-22(15)16/h6-9,12,16,21H,2-5,10-11H2,1H3/t16-/m0/s1. The molecule has 1 fully saturated rings. The van der Waals surface area contributed by atoms with Crippen LogP contribution in [0.4, 0.5) is 0 Å². The van der Waals surface area contributed by atoms with Gasteiger partial charge in [-0.2, -0.15) is 13.1 Å². The maximum Gasteiger partial charge on any atom is 0.323 e. The summed E-state index contributed by atoms with van der Waals surface area (Å²) in [6.45, 7) is 0.803. The zero-order valence-corrected chi connectivity index (χ0v) is 17.1. The van der Waals surface area contributed by atoms with Crippen molar-refractivity contribution in [3.63, 3.8) is 0 Å². The Hall–Kier alpha value is -2.11. The lowest BCUT2D eigenvalue weighted by Crippen LogP contribution is -2.55. The molecule has 1 aromatic heterocycles. The van der Waals surface area contributed by atoms with Crippen molar-refractivity contribution in [1.29, 1.82) is 0 Å². The molecule has 1 atom stereocenters. The van der Waals surface area contributed by atoms with Crippen molar-refractivity contribution >= 4 is 27.8 Å². The molecule has 3 heterocycles. The zero-order valence-electron chi connectivity index (χ0n) is 15.5. The fraction of sp³-hybridized carbons (Fsp3) is 0.471. The summed E-state index contributed by atoms with van der Waals surface area (Å²) in [4.78, 5) is 2.08. The highest BCUT2D eigenvalue weighted by Crippen LogP contribution is 2.26. The normalized spacial score (nSPS) is 21.5. The molecule has 11 heteroatoms. The van der Waals surface area contributed by atoms with Gasteiger partial charge >= 0.3 is 10.2 Å². The van der Waals surface area contributed by atoms with Crippen LogP contribution in [0.1, 0.15) is 25.7 Å². The van der Waals surface area contributed by atoms with Crippen LogP contribution >= 0.6 is 11.8 Å². The fourth-order valence-electron chi connectivity index (χ4n) is 3.37. The highest BCUT2D eigenvalue weighted by Gasteiger charge is 2.33. The highest BCUT2D eigenvalue weighted by atomic mass is 32.2. The summed E-state index contributed by atoms with van der Waals surface area (Å²) in [5, 5.41) is 8.91. The predicted molar refractivity (Wildman–Crippen MR) is 107 cm³/mol. The number of hydrogen-bond acceptors (Lipinski definition) is 7. The third-order valence-electron chi connectivity index (χ3n) is 4.76. The largest absolute Gasteiger partial charge is 0.497 e. The Morgan fingerprint density at radius 3 is 2.86 bits per heavy atom. The average Bonchev–Trinajstić information content (AvgIpc) is 3.03. The second kappa shape index (κ2) is 8.10. The van der Waals surface area contributed by atoms with E-state index in [1.165, 1.54) is 11.8 Å². The third kappa shape index (κ3) is 4.15. The summed E-state index contributed by atoms with van der Waals surface area (Å²) in [7, 11) is -2.03. The van der Waals surface area contributed by atoms with E-state index in [2.05, 4.69) is 24.2 Å². The Labute approximate surface area is 168 Å². The van der Waals surface area contributed by atoms with Gasteiger partial charge < -0.3 is 9.64 Å². The van der Waals surface area contributed by atoms with Gasteiger partial charge in [0.25, 0.3) is 0 Å². The van der Waals surface area contributed by atoms with E-state index in [4.69, 9.17) is 4.74 Å². The van der Waals surface area contributed by atoms with Crippen LogP contribution in [-0.4, -0.2) is 59.5 Å². The van der Waals surface area contributed by atoms with Crippen molar-refractivity contribution in [3.05, 3.63) is 30.6 Å². The molecule has 9 nitrogen and oxygen atoms in total. The molecule has 1 saturated heterocycles. The van der Waals surface area contributed by atoms with Gasteiger partial charge in [-0.05, 0) is 37.1 Å². The quantitative estimate of drug-likeness (QED) is 0.733. The van der Waals surface area contributed by atoms with Crippen molar-refractivity contribution in [1.82, 2.24) is 24.4 Å². The van der Waals surface area contributed by atoms with E-state index < -0.39 is 10.2 Å². The second-order valence-corrected chi connectivity index (χ2v) is 8.97. The smallest absolute Gasteiger partial charge is 0.323 e. The van der Waals surface area contributed by atoms with E-state index in [0.29, 0.717) is 23.2 Å². The van der Waals surface area contributed by atoms with E-state index in [1.807, 2.05) is 28.8 Å². The summed E-state index contributed by atoms with van der Waals surface area (Å²) in [5.74, 6) is 1.95. The second-order valence-electron chi connectivity index (χ2n) is 6.61. The van der Waals surface area contributed by atoms with Crippen LogP contribution in [0.25, 0.3) is 5.69 Å². The lowest BCUT2D eigenvalue weighted by molar-refractivity contribution is 0.310. The van der Waals surface area contributed by atoms with Crippen molar-refractivity contribution < 1.29 is 13.2 Å². The molecule has 0 spiro atoms. The summed E-state index contributed by atoms with van der Waals surface area (Å²) in [6, 6.07) is 7.60.